The van der Waals surface area contributed by atoms with Crippen molar-refractivity contribution in [2.24, 2.45) is 0 Å². The highest BCUT2D eigenvalue weighted by atomic mass is 16.5. The number of carboxylic acid groups (broad SMARTS) is 1. The smallest absolute Gasteiger partial charge is 0.333 e. The van der Waals surface area contributed by atoms with Crippen molar-refractivity contribution in [3.8, 4) is 16.9 Å². The fraction of sp³-hybridized carbons (Fsp3) is 0.200. The molecule has 1 N–H and O–H groups in total. The van der Waals surface area contributed by atoms with E-state index in [-0.39, 0.29) is 0 Å². The highest BCUT2D eigenvalue weighted by Gasteiger charge is 2.23. The second kappa shape index (κ2) is 8.93. The van der Waals surface area contributed by atoms with Crippen LogP contribution in [0.15, 0.2) is 72.9 Å². The van der Waals surface area contributed by atoms with E-state index in [1.807, 2.05) is 48.7 Å². The van der Waals surface area contributed by atoms with E-state index >= 15 is 0 Å². The maximum absolute atomic E-state index is 11.2. The van der Waals surface area contributed by atoms with Gasteiger partial charge < -0.3 is 14.6 Å². The molecule has 30 heavy (non-hydrogen) atoms. The first-order valence-electron chi connectivity index (χ1n) is 9.99. The highest BCUT2D eigenvalue weighted by molar-refractivity contribution is 5.99. The van der Waals surface area contributed by atoms with Crippen LogP contribution in [0.2, 0.25) is 0 Å². The van der Waals surface area contributed by atoms with Crippen LogP contribution in [0.5, 0.6) is 5.75 Å². The highest BCUT2D eigenvalue weighted by Crippen LogP contribution is 2.42. The van der Waals surface area contributed by atoms with Crippen LogP contribution in [0.3, 0.4) is 0 Å². The van der Waals surface area contributed by atoms with Crippen molar-refractivity contribution >= 4 is 11.5 Å². The number of rotatable bonds is 8. The molecule has 0 saturated carbocycles. The zero-order chi connectivity index (χ0) is 20.9. The summed E-state index contributed by atoms with van der Waals surface area (Å²) in [5.41, 5.74) is 6.46. The largest absolute Gasteiger partial charge is 0.490 e. The summed E-state index contributed by atoms with van der Waals surface area (Å²) in [5, 5.41) is 9.22. The van der Waals surface area contributed by atoms with Gasteiger partial charge in [-0.05, 0) is 47.9 Å². The van der Waals surface area contributed by atoms with E-state index in [0.29, 0.717) is 19.6 Å². The molecule has 0 saturated heterocycles. The molecule has 1 aliphatic carbocycles. The zero-order valence-electron chi connectivity index (χ0n) is 16.7. The molecule has 3 aromatic rings. The topological polar surface area (TPSA) is 68.7 Å². The van der Waals surface area contributed by atoms with Crippen LogP contribution in [-0.2, 0) is 16.0 Å². The molecule has 0 aliphatic heterocycles. The summed E-state index contributed by atoms with van der Waals surface area (Å²) in [6, 6.07) is 19.8. The number of nitrogens with zero attached hydrogens (tertiary/aromatic N) is 1. The first-order valence-corrected chi connectivity index (χ1v) is 9.99. The van der Waals surface area contributed by atoms with Gasteiger partial charge in [0, 0.05) is 30.4 Å². The van der Waals surface area contributed by atoms with Crippen LogP contribution in [0.4, 0.5) is 0 Å². The number of hydrogen-bond acceptors (Lipinski definition) is 4. The standard InChI is InChI=1S/C25H23NO4/c1-2-29-23(25(27)28)16-17-9-11-18(12-10-17)30-15-13-22-20-7-4-3-6-19(20)21-8-5-14-26-24(21)22/h3-14,23H,2,15-16H2,1H3,(H,27,28). The predicted molar refractivity (Wildman–Crippen MR) is 115 cm³/mol. The van der Waals surface area contributed by atoms with Crippen molar-refractivity contribution in [1.29, 1.82) is 0 Å². The van der Waals surface area contributed by atoms with Crippen LogP contribution in [0.25, 0.3) is 16.7 Å². The number of hydrogen-bond donors (Lipinski definition) is 1. The summed E-state index contributed by atoms with van der Waals surface area (Å²) >= 11 is 0. The minimum atomic E-state index is -0.950. The van der Waals surface area contributed by atoms with Gasteiger partial charge in [0.2, 0.25) is 0 Å². The average molecular weight is 401 g/mol. The molecule has 0 spiro atoms. The fourth-order valence-corrected chi connectivity index (χ4v) is 3.70. The Morgan fingerprint density at radius 3 is 2.50 bits per heavy atom. The summed E-state index contributed by atoms with van der Waals surface area (Å²) in [7, 11) is 0. The van der Waals surface area contributed by atoms with Gasteiger partial charge in [-0.2, -0.15) is 0 Å². The molecule has 0 radical (unpaired) electrons. The monoisotopic (exact) mass is 401 g/mol. The van der Waals surface area contributed by atoms with Crippen molar-refractivity contribution < 1.29 is 19.4 Å². The van der Waals surface area contributed by atoms with Gasteiger partial charge in [0.1, 0.15) is 12.4 Å². The van der Waals surface area contributed by atoms with Crippen molar-refractivity contribution in [2.75, 3.05) is 13.2 Å². The van der Waals surface area contributed by atoms with Crippen molar-refractivity contribution in [3.05, 3.63) is 89.8 Å². The SMILES string of the molecule is CCOC(Cc1ccc(OCC=C2c3ccccc3-c3cccnc32)cc1)C(=O)O. The van der Waals surface area contributed by atoms with Gasteiger partial charge in [-0.1, -0.05) is 42.5 Å². The Hall–Kier alpha value is -3.44. The van der Waals surface area contributed by atoms with E-state index in [1.54, 1.807) is 6.92 Å². The second-order valence-corrected chi connectivity index (χ2v) is 7.00. The molecule has 1 aromatic heterocycles. The predicted octanol–water partition coefficient (Wildman–Crippen LogP) is 4.60. The molecule has 0 bridgehead atoms. The van der Waals surface area contributed by atoms with Gasteiger partial charge >= 0.3 is 5.97 Å². The number of aliphatic carboxylic acids is 1. The summed E-state index contributed by atoms with van der Waals surface area (Å²) in [4.78, 5) is 15.8. The molecule has 152 valence electrons. The number of benzene rings is 2. The normalized spacial score (nSPS) is 14.2. The van der Waals surface area contributed by atoms with Gasteiger partial charge in [-0.3, -0.25) is 4.98 Å². The van der Waals surface area contributed by atoms with Crippen LogP contribution in [0, 0.1) is 0 Å². The van der Waals surface area contributed by atoms with Crippen LogP contribution < -0.4 is 4.74 Å². The third-order valence-electron chi connectivity index (χ3n) is 5.10. The lowest BCUT2D eigenvalue weighted by atomic mass is 10.1. The number of fused-ring (bicyclic) bond motifs is 3. The average Bonchev–Trinajstić information content (AvgIpc) is 3.09. The molecule has 0 amide bonds. The van der Waals surface area contributed by atoms with E-state index in [9.17, 15) is 9.90 Å². The lowest BCUT2D eigenvalue weighted by Crippen LogP contribution is -2.26. The number of carbonyl (C=O) groups is 1. The molecule has 1 aliphatic rings. The van der Waals surface area contributed by atoms with Crippen LogP contribution in [0.1, 0.15) is 23.7 Å². The van der Waals surface area contributed by atoms with E-state index in [0.717, 1.165) is 28.1 Å². The Morgan fingerprint density at radius 2 is 1.77 bits per heavy atom. The number of aromatic nitrogens is 1. The van der Waals surface area contributed by atoms with Crippen molar-refractivity contribution in [3.63, 3.8) is 0 Å². The van der Waals surface area contributed by atoms with Gasteiger partial charge in [-0.25, -0.2) is 4.79 Å². The molecular formula is C25H23NO4. The molecule has 1 heterocycles. The Morgan fingerprint density at radius 1 is 1.03 bits per heavy atom. The Balaban J connectivity index is 1.44. The van der Waals surface area contributed by atoms with Gasteiger partial charge in [0.05, 0.1) is 5.69 Å². The summed E-state index contributed by atoms with van der Waals surface area (Å²) in [5.74, 6) is -0.221. The summed E-state index contributed by atoms with van der Waals surface area (Å²) in [6.07, 6.45) is 3.36. The molecule has 4 rings (SSSR count). The molecule has 1 unspecified atom stereocenters. The summed E-state index contributed by atoms with van der Waals surface area (Å²) < 4.78 is 11.2. The molecular weight excluding hydrogens is 378 g/mol. The van der Waals surface area contributed by atoms with E-state index < -0.39 is 12.1 Å². The third kappa shape index (κ3) is 4.11. The van der Waals surface area contributed by atoms with E-state index in [4.69, 9.17) is 9.47 Å². The summed E-state index contributed by atoms with van der Waals surface area (Å²) in [6.45, 7) is 2.57. The molecule has 0 fully saturated rings. The van der Waals surface area contributed by atoms with Gasteiger partial charge in [0.25, 0.3) is 0 Å². The maximum Gasteiger partial charge on any atom is 0.333 e. The van der Waals surface area contributed by atoms with Crippen LogP contribution >= 0.6 is 0 Å². The van der Waals surface area contributed by atoms with Crippen molar-refractivity contribution in [2.45, 2.75) is 19.4 Å². The maximum atomic E-state index is 11.2. The number of carboxylic acids is 1. The first kappa shape index (κ1) is 19.9. The Kier molecular flexibility index (Phi) is 5.91. The Labute approximate surface area is 175 Å². The van der Waals surface area contributed by atoms with Crippen LogP contribution in [-0.4, -0.2) is 35.4 Å². The third-order valence-corrected chi connectivity index (χ3v) is 5.10. The lowest BCUT2D eigenvalue weighted by Gasteiger charge is -2.12. The van der Waals surface area contributed by atoms with Gasteiger partial charge in [-0.15, -0.1) is 0 Å². The number of ether oxygens (including phenoxy) is 2. The van der Waals surface area contributed by atoms with E-state index in [2.05, 4.69) is 29.3 Å². The molecule has 5 heteroatoms. The van der Waals surface area contributed by atoms with Gasteiger partial charge in [0.15, 0.2) is 6.10 Å². The quantitative estimate of drug-likeness (QED) is 0.467. The zero-order valence-corrected chi connectivity index (χ0v) is 16.7. The van der Waals surface area contributed by atoms with E-state index in [1.165, 1.54) is 11.1 Å². The van der Waals surface area contributed by atoms with Crippen molar-refractivity contribution in [1.82, 2.24) is 4.98 Å². The second-order valence-electron chi connectivity index (χ2n) is 7.00. The molecule has 2 aromatic carbocycles. The Bertz CT molecular complexity index is 1030. The fourth-order valence-electron chi connectivity index (χ4n) is 3.70. The minimum Gasteiger partial charge on any atom is -0.490 e. The molecule has 5 nitrogen and oxygen atoms in total. The minimum absolute atomic E-state index is 0.326. The molecule has 1 atom stereocenters. The number of pyridine rings is 1. The lowest BCUT2D eigenvalue weighted by molar-refractivity contribution is -0.149. The first-order chi connectivity index (χ1) is 14.7.